The van der Waals surface area contributed by atoms with Crippen LogP contribution in [0, 0.1) is 0 Å². The molecule has 0 unspecified atom stereocenters. The van der Waals surface area contributed by atoms with E-state index in [9.17, 15) is 0 Å². The quantitative estimate of drug-likeness (QED) is 0.579. The molecule has 0 aliphatic heterocycles. The van der Waals surface area contributed by atoms with E-state index in [0.717, 1.165) is 10.6 Å². The van der Waals surface area contributed by atoms with Gasteiger partial charge in [-0.15, -0.1) is 0 Å². The summed E-state index contributed by atoms with van der Waals surface area (Å²) in [5.74, 6) is 0. The Hall–Kier alpha value is -0.153. The first-order valence-electron chi connectivity index (χ1n) is 5.34. The summed E-state index contributed by atoms with van der Waals surface area (Å²) in [6.45, 7) is 11.9. The summed E-state index contributed by atoms with van der Waals surface area (Å²) in [6, 6.07) is 7.33. The molecule has 0 radical (unpaired) electrons. The van der Waals surface area contributed by atoms with E-state index in [1.165, 1.54) is 5.69 Å². The summed E-state index contributed by atoms with van der Waals surface area (Å²) in [6.07, 6.45) is 0. The molecular formula is C12H20BrNSi. The molecule has 84 valence electrons. The third-order valence-corrected chi connectivity index (χ3v) is 9.17. The van der Waals surface area contributed by atoms with E-state index in [1.54, 1.807) is 0 Å². The van der Waals surface area contributed by atoms with Crippen LogP contribution in [0.15, 0.2) is 22.8 Å². The van der Waals surface area contributed by atoms with Crippen molar-refractivity contribution >= 4 is 24.0 Å². The maximum Gasteiger partial charge on any atom is 0.106 e. The average molecular weight is 286 g/mol. The van der Waals surface area contributed by atoms with Crippen molar-refractivity contribution in [3.05, 3.63) is 28.5 Å². The Morgan fingerprint density at radius 1 is 1.27 bits per heavy atom. The molecule has 0 aliphatic rings. The van der Waals surface area contributed by atoms with Gasteiger partial charge in [0.25, 0.3) is 0 Å². The van der Waals surface area contributed by atoms with Gasteiger partial charge in [0.05, 0.1) is 8.07 Å². The lowest BCUT2D eigenvalue weighted by atomic mass is 10.2. The third-order valence-electron chi connectivity index (χ3n) is 3.43. The van der Waals surface area contributed by atoms with Gasteiger partial charge in [-0.2, -0.15) is 0 Å². The van der Waals surface area contributed by atoms with Gasteiger partial charge in [-0.3, -0.25) is 0 Å². The highest BCUT2D eigenvalue weighted by Crippen LogP contribution is 2.37. The molecule has 15 heavy (non-hydrogen) atoms. The molecule has 1 rings (SSSR count). The molecule has 0 amide bonds. The summed E-state index contributed by atoms with van der Waals surface area (Å²) in [5.41, 5.74) is 1.22. The fraction of sp³-hybridized carbons (Fsp3) is 0.583. The van der Waals surface area contributed by atoms with Crippen molar-refractivity contribution in [2.45, 2.75) is 44.9 Å². The van der Waals surface area contributed by atoms with Crippen molar-refractivity contribution in [3.8, 4) is 0 Å². The molecule has 0 fully saturated rings. The highest BCUT2D eigenvalue weighted by molar-refractivity contribution is 9.10. The van der Waals surface area contributed by atoms with Crippen molar-refractivity contribution in [2.24, 2.45) is 0 Å². The standard InChI is InChI=1S/C12H20BrNSi/c1-12(2,3)15(4,5)9-10-7-6-8-11(13)14-10/h6-8H,9H2,1-5H3. The largest absolute Gasteiger partial charge is 0.246 e. The molecular weight excluding hydrogens is 266 g/mol. The summed E-state index contributed by atoms with van der Waals surface area (Å²) in [4.78, 5) is 4.52. The van der Waals surface area contributed by atoms with Crippen LogP contribution in [0.2, 0.25) is 18.1 Å². The lowest BCUT2D eigenvalue weighted by Gasteiger charge is -2.36. The first-order valence-corrected chi connectivity index (χ1v) is 9.34. The summed E-state index contributed by atoms with van der Waals surface area (Å²) >= 11 is 3.42. The molecule has 0 spiro atoms. The lowest BCUT2D eigenvalue weighted by Crippen LogP contribution is -2.40. The van der Waals surface area contributed by atoms with Gasteiger partial charge in [-0.25, -0.2) is 4.98 Å². The van der Waals surface area contributed by atoms with Crippen LogP contribution in [0.1, 0.15) is 26.5 Å². The van der Waals surface area contributed by atoms with E-state index < -0.39 is 8.07 Å². The molecule has 1 aromatic heterocycles. The molecule has 0 N–H and O–H groups in total. The van der Waals surface area contributed by atoms with Crippen LogP contribution in [0.4, 0.5) is 0 Å². The maximum absolute atomic E-state index is 4.52. The fourth-order valence-electron chi connectivity index (χ4n) is 1.27. The van der Waals surface area contributed by atoms with Gasteiger partial charge in [0, 0.05) is 5.69 Å². The molecule has 0 saturated carbocycles. The summed E-state index contributed by atoms with van der Waals surface area (Å²) < 4.78 is 0.943. The maximum atomic E-state index is 4.52. The molecule has 0 aliphatic carbocycles. The SMILES string of the molecule is CC(C)(C)[Si](C)(C)Cc1cccc(Br)n1. The Kier molecular flexibility index (Phi) is 3.77. The van der Waals surface area contributed by atoms with E-state index in [4.69, 9.17) is 0 Å². The van der Waals surface area contributed by atoms with Crippen molar-refractivity contribution in [2.75, 3.05) is 0 Å². The van der Waals surface area contributed by atoms with Crippen molar-refractivity contribution < 1.29 is 0 Å². The van der Waals surface area contributed by atoms with E-state index >= 15 is 0 Å². The van der Waals surface area contributed by atoms with Crippen molar-refractivity contribution in [1.82, 2.24) is 4.98 Å². The Labute approximate surface area is 102 Å². The zero-order valence-electron chi connectivity index (χ0n) is 10.3. The fourth-order valence-corrected chi connectivity index (χ4v) is 3.28. The van der Waals surface area contributed by atoms with Crippen molar-refractivity contribution in [3.63, 3.8) is 0 Å². The number of rotatable bonds is 2. The van der Waals surface area contributed by atoms with Crippen LogP contribution in [0.25, 0.3) is 0 Å². The second-order valence-electron chi connectivity index (χ2n) is 5.76. The highest BCUT2D eigenvalue weighted by atomic mass is 79.9. The molecule has 1 aromatic rings. The van der Waals surface area contributed by atoms with Crippen LogP contribution in [-0.2, 0) is 6.04 Å². The topological polar surface area (TPSA) is 12.9 Å². The number of halogens is 1. The summed E-state index contributed by atoms with van der Waals surface area (Å²) in [7, 11) is -1.25. The zero-order chi connectivity index (χ0) is 11.7. The van der Waals surface area contributed by atoms with Crippen LogP contribution in [-0.4, -0.2) is 13.1 Å². The minimum atomic E-state index is -1.25. The lowest BCUT2D eigenvalue weighted by molar-refractivity contribution is 0.712. The smallest absolute Gasteiger partial charge is 0.106 e. The Morgan fingerprint density at radius 3 is 2.33 bits per heavy atom. The molecule has 3 heteroatoms. The minimum absolute atomic E-state index is 0.428. The second-order valence-corrected chi connectivity index (χ2v) is 12.2. The van der Waals surface area contributed by atoms with E-state index in [2.05, 4.69) is 66.9 Å². The van der Waals surface area contributed by atoms with E-state index in [0.29, 0.717) is 5.04 Å². The molecule has 0 bridgehead atoms. The van der Waals surface area contributed by atoms with Crippen molar-refractivity contribution in [1.29, 1.82) is 0 Å². The van der Waals surface area contributed by atoms with Crippen LogP contribution in [0.3, 0.4) is 0 Å². The van der Waals surface area contributed by atoms with E-state index in [-0.39, 0.29) is 0 Å². The van der Waals surface area contributed by atoms with Gasteiger partial charge >= 0.3 is 0 Å². The molecule has 0 atom stereocenters. The predicted molar refractivity (Wildman–Crippen MR) is 72.8 cm³/mol. The van der Waals surface area contributed by atoms with Crippen LogP contribution in [0.5, 0.6) is 0 Å². The molecule has 1 heterocycles. The van der Waals surface area contributed by atoms with Gasteiger partial charge in [0.1, 0.15) is 4.60 Å². The van der Waals surface area contributed by atoms with E-state index in [1.807, 2.05) is 6.07 Å². The van der Waals surface area contributed by atoms with Gasteiger partial charge < -0.3 is 0 Å². The Bertz CT molecular complexity index is 342. The van der Waals surface area contributed by atoms with Gasteiger partial charge in [0.15, 0.2) is 0 Å². The molecule has 0 aromatic carbocycles. The second kappa shape index (κ2) is 4.38. The average Bonchev–Trinajstić information content (AvgIpc) is 2.00. The van der Waals surface area contributed by atoms with Gasteiger partial charge in [-0.1, -0.05) is 39.9 Å². The third kappa shape index (κ3) is 3.42. The predicted octanol–water partition coefficient (Wildman–Crippen LogP) is 4.43. The van der Waals surface area contributed by atoms with Crippen LogP contribution < -0.4 is 0 Å². The highest BCUT2D eigenvalue weighted by Gasteiger charge is 2.35. The number of hydrogen-bond donors (Lipinski definition) is 0. The number of nitrogens with zero attached hydrogens (tertiary/aromatic N) is 1. The normalized spacial score (nSPS) is 12.9. The summed E-state index contributed by atoms with van der Waals surface area (Å²) in [5, 5.41) is 0.428. The number of aromatic nitrogens is 1. The Balaban J connectivity index is 2.87. The number of hydrogen-bond acceptors (Lipinski definition) is 1. The van der Waals surface area contributed by atoms with Gasteiger partial charge in [-0.05, 0) is 39.1 Å². The zero-order valence-corrected chi connectivity index (χ0v) is 12.9. The molecule has 1 nitrogen and oxygen atoms in total. The van der Waals surface area contributed by atoms with Gasteiger partial charge in [0.2, 0.25) is 0 Å². The first-order chi connectivity index (χ1) is 6.72. The molecule has 0 saturated heterocycles. The number of pyridine rings is 1. The first kappa shape index (κ1) is 12.9. The van der Waals surface area contributed by atoms with Crippen LogP contribution >= 0.6 is 15.9 Å². The minimum Gasteiger partial charge on any atom is -0.246 e. The monoisotopic (exact) mass is 285 g/mol. The Morgan fingerprint density at radius 2 is 1.87 bits per heavy atom.